The molecule has 116 valence electrons. The number of urea groups is 1. The van der Waals surface area contributed by atoms with Crippen LogP contribution >= 0.6 is 11.8 Å². The van der Waals surface area contributed by atoms with Crippen LogP contribution in [0.3, 0.4) is 0 Å². The Balaban J connectivity index is 3.60. The van der Waals surface area contributed by atoms with E-state index in [2.05, 4.69) is 5.32 Å². The van der Waals surface area contributed by atoms with Gasteiger partial charge < -0.3 is 10.4 Å². The van der Waals surface area contributed by atoms with Crippen LogP contribution in [-0.2, 0) is 9.59 Å². The summed E-state index contributed by atoms with van der Waals surface area (Å²) < 4.78 is 35.3. The second-order valence-corrected chi connectivity index (χ2v) is 4.86. The van der Waals surface area contributed by atoms with Crippen LogP contribution in [0.15, 0.2) is 0 Å². The second-order valence-electron chi connectivity index (χ2n) is 3.70. The van der Waals surface area contributed by atoms with Crippen LogP contribution in [0, 0.1) is 0 Å². The van der Waals surface area contributed by atoms with Gasteiger partial charge >= 0.3 is 17.5 Å². The van der Waals surface area contributed by atoms with Crippen LogP contribution < -0.4 is 10.6 Å². The van der Waals surface area contributed by atoms with Crippen LogP contribution in [0.5, 0.6) is 0 Å². The fourth-order valence-corrected chi connectivity index (χ4v) is 1.56. The molecule has 10 heteroatoms. The van der Waals surface area contributed by atoms with Gasteiger partial charge in [-0.2, -0.15) is 13.2 Å². The topological polar surface area (TPSA) is 95.5 Å². The van der Waals surface area contributed by atoms with Crippen molar-refractivity contribution in [2.75, 3.05) is 12.3 Å². The van der Waals surface area contributed by atoms with E-state index in [-0.39, 0.29) is 36.9 Å². The zero-order valence-corrected chi connectivity index (χ0v) is 11.3. The van der Waals surface area contributed by atoms with Gasteiger partial charge in [0.2, 0.25) is 5.91 Å². The predicted octanol–water partition coefficient (Wildman–Crippen LogP) is 1.71. The van der Waals surface area contributed by atoms with E-state index >= 15 is 0 Å². The lowest BCUT2D eigenvalue weighted by Gasteiger charge is -2.07. The summed E-state index contributed by atoms with van der Waals surface area (Å²) in [5, 5.41) is 12.4. The molecule has 0 bridgehead atoms. The summed E-state index contributed by atoms with van der Waals surface area (Å²) in [5.74, 6) is -1.91. The first-order chi connectivity index (χ1) is 9.20. The van der Waals surface area contributed by atoms with Gasteiger partial charge in [-0.3, -0.25) is 14.9 Å². The maximum absolute atomic E-state index is 11.8. The number of aliphatic carboxylic acids is 1. The number of carbonyl (C=O) groups is 3. The molecule has 0 saturated carbocycles. The maximum atomic E-state index is 11.8. The van der Waals surface area contributed by atoms with E-state index in [1.807, 2.05) is 5.32 Å². The van der Waals surface area contributed by atoms with Crippen molar-refractivity contribution >= 4 is 29.7 Å². The normalized spacial score (nSPS) is 10.9. The van der Waals surface area contributed by atoms with Crippen LogP contribution in [0.25, 0.3) is 0 Å². The first kappa shape index (κ1) is 18.6. The minimum atomic E-state index is -4.35. The Bertz CT molecular complexity index is 350. The lowest BCUT2D eigenvalue weighted by molar-refractivity contribution is -0.137. The average Bonchev–Trinajstić information content (AvgIpc) is 2.29. The van der Waals surface area contributed by atoms with Gasteiger partial charge in [0.15, 0.2) is 0 Å². The third-order valence-corrected chi connectivity index (χ3v) is 2.69. The van der Waals surface area contributed by atoms with E-state index in [0.29, 0.717) is 12.8 Å². The van der Waals surface area contributed by atoms with Gasteiger partial charge in [0.25, 0.3) is 0 Å². The number of unbranched alkanes of at least 4 members (excludes halogenated alkanes) is 1. The highest BCUT2D eigenvalue weighted by atomic mass is 32.2. The van der Waals surface area contributed by atoms with Crippen molar-refractivity contribution in [2.45, 2.75) is 31.2 Å². The summed E-state index contributed by atoms with van der Waals surface area (Å²) in [7, 11) is 0. The van der Waals surface area contributed by atoms with E-state index in [4.69, 9.17) is 5.11 Å². The molecule has 0 radical (unpaired) electrons. The van der Waals surface area contributed by atoms with Crippen molar-refractivity contribution in [1.29, 1.82) is 0 Å². The zero-order valence-electron chi connectivity index (χ0n) is 10.5. The van der Waals surface area contributed by atoms with Crippen molar-refractivity contribution in [3.63, 3.8) is 0 Å². The molecule has 0 atom stereocenters. The Labute approximate surface area is 117 Å². The van der Waals surface area contributed by atoms with Crippen LogP contribution in [0.2, 0.25) is 0 Å². The van der Waals surface area contributed by atoms with Crippen molar-refractivity contribution in [1.82, 2.24) is 10.6 Å². The van der Waals surface area contributed by atoms with Gasteiger partial charge in [0, 0.05) is 25.1 Å². The van der Waals surface area contributed by atoms with Gasteiger partial charge in [-0.15, -0.1) is 0 Å². The summed E-state index contributed by atoms with van der Waals surface area (Å²) in [5.41, 5.74) is -4.35. The van der Waals surface area contributed by atoms with Gasteiger partial charge in [0.1, 0.15) is 0 Å². The number of nitrogens with one attached hydrogen (secondary N) is 2. The molecule has 0 aromatic heterocycles. The summed E-state index contributed by atoms with van der Waals surface area (Å²) in [6.07, 6.45) is 0.550. The molecule has 0 aliphatic heterocycles. The van der Waals surface area contributed by atoms with Crippen molar-refractivity contribution in [3.8, 4) is 0 Å². The summed E-state index contributed by atoms with van der Waals surface area (Å²) >= 11 is -0.269. The molecule has 6 nitrogen and oxygen atoms in total. The second kappa shape index (κ2) is 9.45. The van der Waals surface area contributed by atoms with E-state index < -0.39 is 23.4 Å². The molecule has 20 heavy (non-hydrogen) atoms. The van der Waals surface area contributed by atoms with Crippen molar-refractivity contribution < 1.29 is 32.7 Å². The highest BCUT2D eigenvalue weighted by Gasteiger charge is 2.27. The average molecular weight is 316 g/mol. The summed E-state index contributed by atoms with van der Waals surface area (Å²) in [4.78, 5) is 32.5. The number of hydrogen-bond donors (Lipinski definition) is 3. The number of carboxylic acid groups (broad SMARTS) is 1. The van der Waals surface area contributed by atoms with Crippen LogP contribution in [0.4, 0.5) is 18.0 Å². The lowest BCUT2D eigenvalue weighted by atomic mass is 10.2. The number of halogens is 3. The molecule has 0 aromatic rings. The van der Waals surface area contributed by atoms with Crippen molar-refractivity contribution in [3.05, 3.63) is 0 Å². The Kier molecular flexibility index (Phi) is 8.77. The van der Waals surface area contributed by atoms with E-state index in [9.17, 15) is 27.6 Å². The van der Waals surface area contributed by atoms with Crippen LogP contribution in [0.1, 0.15) is 25.7 Å². The molecule has 3 N–H and O–H groups in total. The number of carboxylic acids is 1. The van der Waals surface area contributed by atoms with Gasteiger partial charge in [-0.1, -0.05) is 0 Å². The number of imide groups is 1. The SMILES string of the molecule is O=C(O)CCCCC(=O)NC(=O)NCCSC(F)(F)F. The lowest BCUT2D eigenvalue weighted by Crippen LogP contribution is -2.40. The fraction of sp³-hybridized carbons (Fsp3) is 0.700. The monoisotopic (exact) mass is 316 g/mol. The summed E-state index contributed by atoms with van der Waals surface area (Å²) in [6, 6.07) is -0.865. The number of hydrogen-bond acceptors (Lipinski definition) is 4. The Morgan fingerprint density at radius 2 is 1.70 bits per heavy atom. The van der Waals surface area contributed by atoms with Gasteiger partial charge in [-0.25, -0.2) is 4.79 Å². The zero-order chi connectivity index (χ0) is 15.6. The van der Waals surface area contributed by atoms with Gasteiger partial charge in [0.05, 0.1) is 0 Å². The maximum Gasteiger partial charge on any atom is 0.441 e. The first-order valence-electron chi connectivity index (χ1n) is 5.71. The minimum absolute atomic E-state index is 0.0159. The molecule has 0 aliphatic carbocycles. The molecule has 0 aromatic carbocycles. The first-order valence-corrected chi connectivity index (χ1v) is 6.69. The highest BCUT2D eigenvalue weighted by Crippen LogP contribution is 2.29. The minimum Gasteiger partial charge on any atom is -0.481 e. The number of carbonyl (C=O) groups excluding carboxylic acids is 2. The quantitative estimate of drug-likeness (QED) is 0.593. The third-order valence-electron chi connectivity index (χ3n) is 1.95. The Morgan fingerprint density at radius 1 is 1.10 bits per heavy atom. The van der Waals surface area contributed by atoms with Gasteiger partial charge in [-0.05, 0) is 24.6 Å². The standard InChI is InChI=1S/C10H15F3N2O4S/c11-10(12,13)20-6-5-14-9(19)15-7(16)3-1-2-4-8(17)18/h1-6H2,(H,17,18)(H2,14,15,16,19). The van der Waals surface area contributed by atoms with E-state index in [1.54, 1.807) is 0 Å². The molecule has 3 amide bonds. The van der Waals surface area contributed by atoms with Crippen molar-refractivity contribution in [2.24, 2.45) is 0 Å². The Hall–Kier alpha value is -1.45. The van der Waals surface area contributed by atoms with E-state index in [0.717, 1.165) is 0 Å². The number of thioether (sulfide) groups is 1. The largest absolute Gasteiger partial charge is 0.481 e. The molecule has 0 spiro atoms. The number of amides is 3. The highest BCUT2D eigenvalue weighted by molar-refractivity contribution is 8.00. The smallest absolute Gasteiger partial charge is 0.441 e. The molecule has 0 fully saturated rings. The van der Waals surface area contributed by atoms with Crippen LogP contribution in [-0.4, -0.2) is 40.8 Å². The fourth-order valence-electron chi connectivity index (χ4n) is 1.13. The molecule has 0 aliphatic rings. The molecular weight excluding hydrogens is 301 g/mol. The Morgan fingerprint density at radius 3 is 2.25 bits per heavy atom. The molecule has 0 saturated heterocycles. The summed E-state index contributed by atoms with van der Waals surface area (Å²) in [6.45, 7) is -0.220. The number of rotatable bonds is 8. The number of alkyl halides is 3. The van der Waals surface area contributed by atoms with E-state index in [1.165, 1.54) is 0 Å². The molecule has 0 heterocycles. The predicted molar refractivity (Wildman–Crippen MR) is 66.2 cm³/mol. The molecule has 0 rings (SSSR count). The molecule has 0 unspecified atom stereocenters. The molecular formula is C10H15F3N2O4S. The third kappa shape index (κ3) is 13.0.